The molecule has 0 bridgehead atoms. The van der Waals surface area contributed by atoms with Crippen molar-refractivity contribution in [2.75, 3.05) is 32.8 Å². The Morgan fingerprint density at radius 1 is 1.38 bits per heavy atom. The molecule has 0 aliphatic carbocycles. The molecule has 1 saturated heterocycles. The van der Waals surface area contributed by atoms with Gasteiger partial charge in [-0.05, 0) is 33.6 Å². The Morgan fingerprint density at radius 3 is 2.38 bits per heavy atom. The predicted octanol–water partition coefficient (Wildman–Crippen LogP) is 0.209. The first-order chi connectivity index (χ1) is 9.84. The van der Waals surface area contributed by atoms with Crippen LogP contribution in [-0.4, -0.2) is 67.0 Å². The van der Waals surface area contributed by atoms with Crippen molar-refractivity contribution >= 4 is 16.2 Å². The van der Waals surface area contributed by atoms with Crippen molar-refractivity contribution in [1.82, 2.24) is 8.61 Å². The summed E-state index contributed by atoms with van der Waals surface area (Å²) >= 11 is 0. The summed E-state index contributed by atoms with van der Waals surface area (Å²) in [4.78, 5) is 11.7. The van der Waals surface area contributed by atoms with Crippen LogP contribution in [0, 0.1) is 5.92 Å². The van der Waals surface area contributed by atoms with E-state index >= 15 is 0 Å². The van der Waals surface area contributed by atoms with Crippen molar-refractivity contribution in [3.63, 3.8) is 0 Å². The number of hydrogen-bond donors (Lipinski definition) is 1. The summed E-state index contributed by atoms with van der Waals surface area (Å²) in [6.07, 6.45) is 0.951. The lowest BCUT2D eigenvalue weighted by Crippen LogP contribution is -2.50. The van der Waals surface area contributed by atoms with Gasteiger partial charge in [0.25, 0.3) is 10.2 Å². The minimum absolute atomic E-state index is 0.0812. The molecule has 0 unspecified atom stereocenters. The maximum absolute atomic E-state index is 12.5. The molecular weight excluding hydrogens is 296 g/mol. The zero-order valence-electron chi connectivity index (χ0n) is 13.0. The molecule has 1 fully saturated rings. The molecular formula is C13H26N2O5S. The third-order valence-electron chi connectivity index (χ3n) is 3.59. The average Bonchev–Trinajstić information content (AvgIpc) is 2.44. The molecule has 0 atom stereocenters. The van der Waals surface area contributed by atoms with E-state index < -0.39 is 10.2 Å². The molecule has 0 spiro atoms. The quantitative estimate of drug-likeness (QED) is 0.677. The fourth-order valence-electron chi connectivity index (χ4n) is 2.47. The Labute approximate surface area is 127 Å². The van der Waals surface area contributed by atoms with Crippen molar-refractivity contribution in [2.24, 2.45) is 5.92 Å². The van der Waals surface area contributed by atoms with Crippen molar-refractivity contribution < 1.29 is 23.1 Å². The largest absolute Gasteiger partial charge is 0.466 e. The van der Waals surface area contributed by atoms with E-state index in [1.165, 1.54) is 8.61 Å². The van der Waals surface area contributed by atoms with E-state index in [1.807, 2.05) is 0 Å². The Bertz CT molecular complexity index is 430. The lowest BCUT2D eigenvalue weighted by molar-refractivity contribution is -0.149. The fourth-order valence-corrected chi connectivity index (χ4v) is 4.28. The Morgan fingerprint density at radius 2 is 1.95 bits per heavy atom. The molecule has 0 aromatic carbocycles. The maximum atomic E-state index is 12.5. The minimum atomic E-state index is -3.59. The van der Waals surface area contributed by atoms with Gasteiger partial charge in [0.2, 0.25) is 0 Å². The molecule has 0 amide bonds. The first kappa shape index (κ1) is 18.3. The van der Waals surface area contributed by atoms with Crippen LogP contribution in [-0.2, 0) is 19.7 Å². The third-order valence-corrected chi connectivity index (χ3v) is 5.81. The van der Waals surface area contributed by atoms with Crippen LogP contribution in [0.2, 0.25) is 0 Å². The number of piperidine rings is 1. The van der Waals surface area contributed by atoms with Crippen LogP contribution in [0.5, 0.6) is 0 Å². The van der Waals surface area contributed by atoms with Crippen LogP contribution >= 0.6 is 0 Å². The van der Waals surface area contributed by atoms with Crippen LogP contribution in [0.3, 0.4) is 0 Å². The Kier molecular flexibility index (Phi) is 7.05. The molecule has 0 aromatic heterocycles. The molecule has 1 heterocycles. The number of ether oxygens (including phenoxy) is 1. The van der Waals surface area contributed by atoms with Gasteiger partial charge in [0, 0.05) is 25.7 Å². The van der Waals surface area contributed by atoms with Gasteiger partial charge in [-0.2, -0.15) is 17.0 Å². The van der Waals surface area contributed by atoms with Gasteiger partial charge in [-0.3, -0.25) is 4.79 Å². The van der Waals surface area contributed by atoms with Gasteiger partial charge in [0.1, 0.15) is 0 Å². The van der Waals surface area contributed by atoms with Gasteiger partial charge in [-0.25, -0.2) is 0 Å². The fraction of sp³-hybridized carbons (Fsp3) is 0.923. The smallest absolute Gasteiger partial charge is 0.309 e. The van der Waals surface area contributed by atoms with Crippen LogP contribution in [0.25, 0.3) is 0 Å². The van der Waals surface area contributed by atoms with Gasteiger partial charge in [-0.1, -0.05) is 0 Å². The van der Waals surface area contributed by atoms with Gasteiger partial charge in [-0.15, -0.1) is 0 Å². The standard InChI is InChI=1S/C13H26N2O5S/c1-4-20-13(17)12-5-7-14(8-6-12)21(18,19)15(9-10-16)11(2)3/h11-12,16H,4-10H2,1-3H3. The molecule has 0 saturated carbocycles. The number of esters is 1. The molecule has 1 aliphatic rings. The van der Waals surface area contributed by atoms with E-state index in [-0.39, 0.29) is 31.1 Å². The third kappa shape index (κ3) is 4.64. The second kappa shape index (κ2) is 8.07. The van der Waals surface area contributed by atoms with Crippen LogP contribution in [0.1, 0.15) is 33.6 Å². The normalized spacial score (nSPS) is 18.4. The highest BCUT2D eigenvalue weighted by molar-refractivity contribution is 7.86. The van der Waals surface area contributed by atoms with Crippen molar-refractivity contribution in [2.45, 2.75) is 39.7 Å². The predicted molar refractivity (Wildman–Crippen MR) is 78.8 cm³/mol. The summed E-state index contributed by atoms with van der Waals surface area (Å²) in [5.74, 6) is -0.465. The number of nitrogens with zero attached hydrogens (tertiary/aromatic N) is 2. The highest BCUT2D eigenvalue weighted by Gasteiger charge is 2.35. The number of hydrogen-bond acceptors (Lipinski definition) is 5. The average molecular weight is 322 g/mol. The van der Waals surface area contributed by atoms with Crippen molar-refractivity contribution in [3.8, 4) is 0 Å². The molecule has 1 rings (SSSR count). The van der Waals surface area contributed by atoms with Crippen molar-refractivity contribution in [3.05, 3.63) is 0 Å². The summed E-state index contributed by atoms with van der Waals surface area (Å²) in [7, 11) is -3.59. The van der Waals surface area contributed by atoms with E-state index in [1.54, 1.807) is 20.8 Å². The first-order valence-corrected chi connectivity index (χ1v) is 8.78. The van der Waals surface area contributed by atoms with E-state index in [9.17, 15) is 13.2 Å². The highest BCUT2D eigenvalue weighted by Crippen LogP contribution is 2.23. The van der Waals surface area contributed by atoms with Gasteiger partial charge in [0.05, 0.1) is 19.1 Å². The number of carbonyl (C=O) groups is 1. The zero-order valence-corrected chi connectivity index (χ0v) is 13.8. The van der Waals surface area contributed by atoms with Crippen LogP contribution in [0.4, 0.5) is 0 Å². The lowest BCUT2D eigenvalue weighted by atomic mass is 9.98. The monoisotopic (exact) mass is 322 g/mol. The van der Waals surface area contributed by atoms with E-state index in [0.29, 0.717) is 32.5 Å². The van der Waals surface area contributed by atoms with Crippen molar-refractivity contribution in [1.29, 1.82) is 0 Å². The first-order valence-electron chi connectivity index (χ1n) is 7.39. The second-order valence-electron chi connectivity index (χ2n) is 5.36. The number of aliphatic hydroxyl groups is 1. The Balaban J connectivity index is 2.69. The second-order valence-corrected chi connectivity index (χ2v) is 7.24. The number of carbonyl (C=O) groups excluding carboxylic acids is 1. The maximum Gasteiger partial charge on any atom is 0.309 e. The molecule has 7 nitrogen and oxygen atoms in total. The minimum Gasteiger partial charge on any atom is -0.466 e. The van der Waals surface area contributed by atoms with E-state index in [0.717, 1.165) is 0 Å². The molecule has 1 aliphatic heterocycles. The van der Waals surface area contributed by atoms with Gasteiger partial charge < -0.3 is 9.84 Å². The highest BCUT2D eigenvalue weighted by atomic mass is 32.2. The zero-order chi connectivity index (χ0) is 16.0. The summed E-state index contributed by atoms with van der Waals surface area (Å²) in [6.45, 7) is 6.13. The van der Waals surface area contributed by atoms with Gasteiger partial charge >= 0.3 is 5.97 Å². The molecule has 0 aromatic rings. The Hall–Kier alpha value is -0.700. The van der Waals surface area contributed by atoms with Crippen LogP contribution in [0.15, 0.2) is 0 Å². The summed E-state index contributed by atoms with van der Waals surface area (Å²) < 4.78 is 32.7. The summed E-state index contributed by atoms with van der Waals surface area (Å²) in [6, 6.07) is -0.218. The van der Waals surface area contributed by atoms with Crippen LogP contribution < -0.4 is 0 Å². The topological polar surface area (TPSA) is 87.2 Å². The molecule has 124 valence electrons. The summed E-state index contributed by atoms with van der Waals surface area (Å²) in [5.41, 5.74) is 0. The number of aliphatic hydroxyl groups excluding tert-OH is 1. The molecule has 21 heavy (non-hydrogen) atoms. The SMILES string of the molecule is CCOC(=O)C1CCN(S(=O)(=O)N(CCO)C(C)C)CC1. The number of rotatable bonds is 7. The van der Waals surface area contributed by atoms with E-state index in [2.05, 4.69) is 0 Å². The molecule has 1 N–H and O–H groups in total. The molecule has 0 radical (unpaired) electrons. The molecule has 8 heteroatoms. The summed E-state index contributed by atoms with van der Waals surface area (Å²) in [5, 5.41) is 9.04. The lowest BCUT2D eigenvalue weighted by Gasteiger charge is -2.35. The van der Waals surface area contributed by atoms with E-state index in [4.69, 9.17) is 9.84 Å². The van der Waals surface area contributed by atoms with Gasteiger partial charge in [0.15, 0.2) is 0 Å².